The number of rotatable bonds is 1. The first-order valence-corrected chi connectivity index (χ1v) is 5.53. The van der Waals surface area contributed by atoms with E-state index in [0.717, 1.165) is 15.9 Å². The molecule has 1 aromatic heterocycles. The Kier molecular flexibility index (Phi) is 2.71. The molecule has 15 heavy (non-hydrogen) atoms. The molecule has 0 saturated carbocycles. The summed E-state index contributed by atoms with van der Waals surface area (Å²) in [6.07, 6.45) is 0. The Labute approximate surface area is 101 Å². The minimum atomic E-state index is 0.469. The van der Waals surface area contributed by atoms with Crippen molar-refractivity contribution in [2.45, 2.75) is 6.92 Å². The number of hydrogen-bond donors (Lipinski definition) is 1. The summed E-state index contributed by atoms with van der Waals surface area (Å²) in [4.78, 5) is 0. The van der Waals surface area contributed by atoms with Crippen LogP contribution in [0.25, 0.3) is 5.69 Å². The zero-order valence-corrected chi connectivity index (χ0v) is 10.4. The summed E-state index contributed by atoms with van der Waals surface area (Å²) in [6, 6.07) is 7.70. The molecule has 0 aliphatic carbocycles. The molecule has 2 aromatic rings. The van der Waals surface area contributed by atoms with E-state index in [2.05, 4.69) is 21.0 Å². The lowest BCUT2D eigenvalue weighted by atomic mass is 10.3. The Morgan fingerprint density at radius 1 is 1.33 bits per heavy atom. The molecule has 2 rings (SSSR count). The van der Waals surface area contributed by atoms with E-state index in [4.69, 9.17) is 17.3 Å². The molecular weight excluding hydrogens is 277 g/mol. The van der Waals surface area contributed by atoms with E-state index in [1.807, 2.05) is 31.2 Å². The Hall–Kier alpha value is -1.00. The monoisotopic (exact) mass is 285 g/mol. The van der Waals surface area contributed by atoms with Gasteiger partial charge in [-0.3, -0.25) is 0 Å². The average Bonchev–Trinajstić information content (AvgIpc) is 2.47. The van der Waals surface area contributed by atoms with Crippen LogP contribution in [0, 0.1) is 6.92 Å². The van der Waals surface area contributed by atoms with Crippen LogP contribution in [-0.2, 0) is 0 Å². The molecule has 5 heteroatoms. The molecule has 3 nitrogen and oxygen atoms in total. The largest absolute Gasteiger partial charge is 0.382 e. The summed E-state index contributed by atoms with van der Waals surface area (Å²) in [5.41, 5.74) is 7.46. The second-order valence-electron chi connectivity index (χ2n) is 3.17. The van der Waals surface area contributed by atoms with Gasteiger partial charge in [0.25, 0.3) is 0 Å². The van der Waals surface area contributed by atoms with Gasteiger partial charge >= 0.3 is 0 Å². The van der Waals surface area contributed by atoms with Crippen LogP contribution in [0.3, 0.4) is 0 Å². The van der Waals surface area contributed by atoms with Gasteiger partial charge in [-0.25, -0.2) is 4.68 Å². The third-order valence-electron chi connectivity index (χ3n) is 2.09. The maximum absolute atomic E-state index is 5.96. The number of anilines is 1. The predicted molar refractivity (Wildman–Crippen MR) is 65.4 cm³/mol. The van der Waals surface area contributed by atoms with E-state index >= 15 is 0 Å². The minimum Gasteiger partial charge on any atom is -0.382 e. The Morgan fingerprint density at radius 2 is 1.93 bits per heavy atom. The van der Waals surface area contributed by atoms with Crippen LogP contribution in [0.4, 0.5) is 5.82 Å². The van der Waals surface area contributed by atoms with E-state index in [0.29, 0.717) is 10.8 Å². The van der Waals surface area contributed by atoms with Crippen molar-refractivity contribution < 1.29 is 0 Å². The van der Waals surface area contributed by atoms with Gasteiger partial charge in [-0.1, -0.05) is 27.5 Å². The van der Waals surface area contributed by atoms with E-state index in [-0.39, 0.29) is 0 Å². The van der Waals surface area contributed by atoms with Crippen molar-refractivity contribution in [3.05, 3.63) is 39.5 Å². The Bertz CT molecular complexity index is 490. The number of halogens is 2. The van der Waals surface area contributed by atoms with Crippen molar-refractivity contribution in [3.63, 3.8) is 0 Å². The van der Waals surface area contributed by atoms with Crippen molar-refractivity contribution in [1.29, 1.82) is 0 Å². The fourth-order valence-electron chi connectivity index (χ4n) is 1.31. The molecule has 0 atom stereocenters. The van der Waals surface area contributed by atoms with Crippen LogP contribution in [0.15, 0.2) is 28.7 Å². The summed E-state index contributed by atoms with van der Waals surface area (Å²) in [5, 5.41) is 4.77. The number of nitrogen functional groups attached to an aromatic ring is 1. The SMILES string of the molecule is Cc1nn(-c2ccc(Br)cc2)c(N)c1Cl. The summed E-state index contributed by atoms with van der Waals surface area (Å²) >= 11 is 9.33. The summed E-state index contributed by atoms with van der Waals surface area (Å²) < 4.78 is 2.64. The molecule has 0 amide bonds. The highest BCUT2D eigenvalue weighted by Crippen LogP contribution is 2.25. The van der Waals surface area contributed by atoms with E-state index < -0.39 is 0 Å². The maximum Gasteiger partial charge on any atom is 0.146 e. The van der Waals surface area contributed by atoms with Crippen LogP contribution >= 0.6 is 27.5 Å². The molecule has 0 aliphatic heterocycles. The van der Waals surface area contributed by atoms with Crippen molar-refractivity contribution in [2.24, 2.45) is 0 Å². The number of aromatic nitrogens is 2. The molecule has 1 heterocycles. The van der Waals surface area contributed by atoms with Crippen LogP contribution in [0.2, 0.25) is 5.02 Å². The Balaban J connectivity index is 2.54. The first-order chi connectivity index (χ1) is 7.09. The van der Waals surface area contributed by atoms with Crippen molar-refractivity contribution in [2.75, 3.05) is 5.73 Å². The van der Waals surface area contributed by atoms with Gasteiger partial charge in [0.05, 0.1) is 11.4 Å². The van der Waals surface area contributed by atoms with Crippen LogP contribution in [-0.4, -0.2) is 9.78 Å². The zero-order valence-electron chi connectivity index (χ0n) is 8.04. The van der Waals surface area contributed by atoms with Gasteiger partial charge in [-0.05, 0) is 31.2 Å². The molecule has 0 fully saturated rings. The standard InChI is InChI=1S/C10H9BrClN3/c1-6-9(12)10(13)15(14-6)8-4-2-7(11)3-5-8/h2-5H,13H2,1H3. The van der Waals surface area contributed by atoms with E-state index in [9.17, 15) is 0 Å². The summed E-state index contributed by atoms with van der Waals surface area (Å²) in [7, 11) is 0. The lowest BCUT2D eigenvalue weighted by molar-refractivity contribution is 0.872. The third kappa shape index (κ3) is 1.87. The highest BCUT2D eigenvalue weighted by Gasteiger charge is 2.10. The van der Waals surface area contributed by atoms with Gasteiger partial charge < -0.3 is 5.73 Å². The normalized spacial score (nSPS) is 10.6. The summed E-state index contributed by atoms with van der Waals surface area (Å²) in [6.45, 7) is 1.83. The summed E-state index contributed by atoms with van der Waals surface area (Å²) in [5.74, 6) is 0.469. The van der Waals surface area contributed by atoms with Gasteiger partial charge in [0.2, 0.25) is 0 Å². The van der Waals surface area contributed by atoms with Crippen molar-refractivity contribution in [1.82, 2.24) is 9.78 Å². The molecule has 78 valence electrons. The topological polar surface area (TPSA) is 43.8 Å². The molecule has 0 bridgehead atoms. The van der Waals surface area contributed by atoms with E-state index in [1.165, 1.54) is 0 Å². The van der Waals surface area contributed by atoms with Crippen molar-refractivity contribution in [3.8, 4) is 5.69 Å². The lowest BCUT2D eigenvalue weighted by Gasteiger charge is -2.03. The molecule has 2 N–H and O–H groups in total. The van der Waals surface area contributed by atoms with Gasteiger partial charge in [-0.2, -0.15) is 5.10 Å². The van der Waals surface area contributed by atoms with Gasteiger partial charge in [0, 0.05) is 4.47 Å². The van der Waals surface area contributed by atoms with Crippen molar-refractivity contribution >= 4 is 33.3 Å². The third-order valence-corrected chi connectivity index (χ3v) is 3.09. The number of benzene rings is 1. The Morgan fingerprint density at radius 3 is 2.40 bits per heavy atom. The van der Waals surface area contributed by atoms with E-state index in [1.54, 1.807) is 4.68 Å². The quantitative estimate of drug-likeness (QED) is 0.875. The number of hydrogen-bond acceptors (Lipinski definition) is 2. The molecular formula is C10H9BrClN3. The van der Waals surface area contributed by atoms with Crippen LogP contribution < -0.4 is 5.73 Å². The zero-order chi connectivity index (χ0) is 11.0. The van der Waals surface area contributed by atoms with Gasteiger partial charge in [0.1, 0.15) is 10.8 Å². The minimum absolute atomic E-state index is 0.469. The fraction of sp³-hybridized carbons (Fsp3) is 0.100. The lowest BCUT2D eigenvalue weighted by Crippen LogP contribution is -2.01. The van der Waals surface area contributed by atoms with Gasteiger partial charge in [-0.15, -0.1) is 0 Å². The molecule has 0 radical (unpaired) electrons. The molecule has 0 aliphatic rings. The number of aryl methyl sites for hydroxylation is 1. The first kappa shape index (κ1) is 10.5. The highest BCUT2D eigenvalue weighted by molar-refractivity contribution is 9.10. The molecule has 0 unspecified atom stereocenters. The fourth-order valence-corrected chi connectivity index (χ4v) is 1.69. The highest BCUT2D eigenvalue weighted by atomic mass is 79.9. The molecule has 1 aromatic carbocycles. The smallest absolute Gasteiger partial charge is 0.146 e. The maximum atomic E-state index is 5.96. The molecule has 0 spiro atoms. The second kappa shape index (κ2) is 3.87. The van der Waals surface area contributed by atoms with Gasteiger partial charge in [0.15, 0.2) is 0 Å². The van der Waals surface area contributed by atoms with Crippen LogP contribution in [0.5, 0.6) is 0 Å². The van der Waals surface area contributed by atoms with Crippen LogP contribution in [0.1, 0.15) is 5.69 Å². The number of nitrogens with zero attached hydrogens (tertiary/aromatic N) is 2. The number of nitrogens with two attached hydrogens (primary N) is 1. The first-order valence-electron chi connectivity index (χ1n) is 4.36. The molecule has 0 saturated heterocycles. The predicted octanol–water partition coefficient (Wildman–Crippen LogP) is 3.18. The average molecular weight is 287 g/mol. The second-order valence-corrected chi connectivity index (χ2v) is 4.47.